The van der Waals surface area contributed by atoms with Gasteiger partial charge in [0.15, 0.2) is 11.6 Å². The van der Waals surface area contributed by atoms with E-state index < -0.39 is 17.7 Å². The maximum absolute atomic E-state index is 13.0. The minimum absolute atomic E-state index is 0.102. The molecule has 0 bridgehead atoms. The molecule has 1 atom stereocenters. The molecule has 1 unspecified atom stereocenters. The van der Waals surface area contributed by atoms with Crippen LogP contribution in [0.1, 0.15) is 12.5 Å². The number of aromatic hydroxyl groups is 1. The maximum atomic E-state index is 13.0. The molecular weight excluding hydrogens is 178 g/mol. The van der Waals surface area contributed by atoms with E-state index in [1.54, 1.807) is 0 Å². The molecule has 0 heterocycles. The van der Waals surface area contributed by atoms with Crippen molar-refractivity contribution in [2.75, 3.05) is 0 Å². The zero-order valence-corrected chi connectivity index (χ0v) is 7.09. The van der Waals surface area contributed by atoms with Crippen LogP contribution in [0.5, 0.6) is 5.75 Å². The van der Waals surface area contributed by atoms with Gasteiger partial charge in [0.05, 0.1) is 6.10 Å². The second-order valence-corrected chi connectivity index (χ2v) is 2.91. The summed E-state index contributed by atoms with van der Waals surface area (Å²) in [6, 6.07) is 1.91. The Hall–Kier alpha value is -1.16. The minimum Gasteiger partial charge on any atom is -0.508 e. The van der Waals surface area contributed by atoms with E-state index in [1.165, 1.54) is 6.92 Å². The van der Waals surface area contributed by atoms with Gasteiger partial charge in [-0.15, -0.1) is 0 Å². The third-order valence-electron chi connectivity index (χ3n) is 1.67. The van der Waals surface area contributed by atoms with Crippen molar-refractivity contribution in [3.63, 3.8) is 0 Å². The smallest absolute Gasteiger partial charge is 0.165 e. The Morgan fingerprint density at radius 3 is 2.54 bits per heavy atom. The third kappa shape index (κ3) is 2.15. The number of phenols is 1. The Labute approximate surface area is 74.4 Å². The first kappa shape index (κ1) is 9.92. The highest BCUT2D eigenvalue weighted by Gasteiger charge is 2.14. The molecule has 72 valence electrons. The van der Waals surface area contributed by atoms with Crippen molar-refractivity contribution < 1.29 is 19.0 Å². The van der Waals surface area contributed by atoms with Crippen LogP contribution in [0.25, 0.3) is 0 Å². The summed E-state index contributed by atoms with van der Waals surface area (Å²) in [6.07, 6.45) is -0.919. The number of aliphatic hydroxyl groups is 1. The lowest BCUT2D eigenvalue weighted by molar-refractivity contribution is 0.192. The second-order valence-electron chi connectivity index (χ2n) is 2.91. The number of aliphatic hydroxyl groups excluding tert-OH is 1. The first-order valence-electron chi connectivity index (χ1n) is 3.86. The van der Waals surface area contributed by atoms with E-state index >= 15 is 0 Å². The Balaban J connectivity index is 3.10. The van der Waals surface area contributed by atoms with Crippen molar-refractivity contribution in [3.8, 4) is 5.75 Å². The van der Waals surface area contributed by atoms with Crippen LogP contribution in [-0.4, -0.2) is 16.3 Å². The molecule has 0 aromatic heterocycles. The summed E-state index contributed by atoms with van der Waals surface area (Å²) >= 11 is 0. The summed E-state index contributed by atoms with van der Waals surface area (Å²) in [5, 5.41) is 18.1. The van der Waals surface area contributed by atoms with E-state index in [4.69, 9.17) is 10.2 Å². The van der Waals surface area contributed by atoms with Gasteiger partial charge in [0.1, 0.15) is 5.75 Å². The van der Waals surface area contributed by atoms with Crippen LogP contribution in [0.3, 0.4) is 0 Å². The van der Waals surface area contributed by atoms with Gasteiger partial charge in [0.2, 0.25) is 0 Å². The summed E-state index contributed by atoms with van der Waals surface area (Å²) in [5.74, 6) is -2.45. The Morgan fingerprint density at radius 2 is 2.00 bits per heavy atom. The summed E-state index contributed by atoms with van der Waals surface area (Å²) in [4.78, 5) is 0. The largest absolute Gasteiger partial charge is 0.508 e. The van der Waals surface area contributed by atoms with Gasteiger partial charge in [-0.1, -0.05) is 0 Å². The summed E-state index contributed by atoms with van der Waals surface area (Å²) in [7, 11) is 0. The van der Waals surface area contributed by atoms with E-state index in [2.05, 4.69) is 0 Å². The van der Waals surface area contributed by atoms with Crippen molar-refractivity contribution in [3.05, 3.63) is 29.3 Å². The van der Waals surface area contributed by atoms with Crippen LogP contribution < -0.4 is 0 Å². The zero-order valence-electron chi connectivity index (χ0n) is 7.09. The Morgan fingerprint density at radius 1 is 1.38 bits per heavy atom. The van der Waals surface area contributed by atoms with Crippen molar-refractivity contribution in [2.24, 2.45) is 0 Å². The first-order chi connectivity index (χ1) is 6.02. The molecule has 0 radical (unpaired) electrons. The van der Waals surface area contributed by atoms with E-state index in [-0.39, 0.29) is 17.7 Å². The van der Waals surface area contributed by atoms with Gasteiger partial charge in [0, 0.05) is 12.0 Å². The van der Waals surface area contributed by atoms with Gasteiger partial charge in [-0.05, 0) is 19.1 Å². The zero-order chi connectivity index (χ0) is 10.0. The molecule has 0 fully saturated rings. The fourth-order valence-corrected chi connectivity index (χ4v) is 1.07. The van der Waals surface area contributed by atoms with Crippen molar-refractivity contribution in [1.82, 2.24) is 0 Å². The molecule has 0 aliphatic carbocycles. The lowest BCUT2D eigenvalue weighted by Crippen LogP contribution is -2.07. The molecule has 1 aromatic rings. The number of hydrogen-bond donors (Lipinski definition) is 2. The molecule has 0 aliphatic rings. The van der Waals surface area contributed by atoms with E-state index in [0.29, 0.717) is 0 Å². The fraction of sp³-hybridized carbons (Fsp3) is 0.333. The van der Waals surface area contributed by atoms with Gasteiger partial charge in [-0.25, -0.2) is 8.78 Å². The standard InChI is InChI=1S/C9H10F2O2/c1-5(12)4-6-8(13)3-2-7(10)9(6)11/h2-3,5,12-13H,4H2,1H3. The predicted octanol–water partition coefficient (Wildman–Crippen LogP) is 1.59. The highest BCUT2D eigenvalue weighted by Crippen LogP contribution is 2.23. The molecule has 0 spiro atoms. The highest BCUT2D eigenvalue weighted by molar-refractivity contribution is 5.34. The lowest BCUT2D eigenvalue weighted by Gasteiger charge is -2.08. The topological polar surface area (TPSA) is 40.5 Å². The van der Waals surface area contributed by atoms with Crippen molar-refractivity contribution in [1.29, 1.82) is 0 Å². The third-order valence-corrected chi connectivity index (χ3v) is 1.67. The quantitative estimate of drug-likeness (QED) is 0.739. The average molecular weight is 188 g/mol. The van der Waals surface area contributed by atoms with E-state index in [1.807, 2.05) is 0 Å². The molecule has 0 saturated heterocycles. The molecular formula is C9H10F2O2. The molecule has 2 N–H and O–H groups in total. The van der Waals surface area contributed by atoms with Crippen LogP contribution in [0, 0.1) is 11.6 Å². The summed E-state index contributed by atoms with van der Waals surface area (Å²) in [5.41, 5.74) is -0.185. The van der Waals surface area contributed by atoms with Gasteiger partial charge in [-0.3, -0.25) is 0 Å². The average Bonchev–Trinajstić information content (AvgIpc) is 2.05. The Kier molecular flexibility index (Phi) is 2.83. The molecule has 2 nitrogen and oxygen atoms in total. The van der Waals surface area contributed by atoms with Crippen LogP contribution in [0.4, 0.5) is 8.78 Å². The molecule has 4 heteroatoms. The van der Waals surface area contributed by atoms with E-state index in [0.717, 1.165) is 12.1 Å². The van der Waals surface area contributed by atoms with Gasteiger partial charge >= 0.3 is 0 Å². The predicted molar refractivity (Wildman–Crippen MR) is 43.4 cm³/mol. The van der Waals surface area contributed by atoms with Crippen LogP contribution in [-0.2, 0) is 6.42 Å². The summed E-state index contributed by atoms with van der Waals surface area (Å²) in [6.45, 7) is 1.43. The maximum Gasteiger partial charge on any atom is 0.165 e. The SMILES string of the molecule is CC(O)Cc1c(O)ccc(F)c1F. The molecule has 0 saturated carbocycles. The minimum atomic E-state index is -1.10. The van der Waals surface area contributed by atoms with Gasteiger partial charge < -0.3 is 10.2 Å². The van der Waals surface area contributed by atoms with Gasteiger partial charge in [-0.2, -0.15) is 0 Å². The number of phenolic OH excluding ortho intramolecular Hbond substituents is 1. The molecule has 1 rings (SSSR count). The second kappa shape index (κ2) is 3.70. The van der Waals surface area contributed by atoms with Crippen molar-refractivity contribution in [2.45, 2.75) is 19.4 Å². The van der Waals surface area contributed by atoms with E-state index in [9.17, 15) is 8.78 Å². The van der Waals surface area contributed by atoms with Gasteiger partial charge in [0.25, 0.3) is 0 Å². The lowest BCUT2D eigenvalue weighted by atomic mass is 10.1. The number of halogens is 2. The summed E-state index contributed by atoms with van der Waals surface area (Å²) < 4.78 is 25.6. The Bertz CT molecular complexity index is 311. The highest BCUT2D eigenvalue weighted by atomic mass is 19.2. The monoisotopic (exact) mass is 188 g/mol. The normalized spacial score (nSPS) is 12.9. The molecule has 0 aliphatic heterocycles. The first-order valence-corrected chi connectivity index (χ1v) is 3.86. The number of rotatable bonds is 2. The number of hydrogen-bond acceptors (Lipinski definition) is 2. The fourth-order valence-electron chi connectivity index (χ4n) is 1.07. The molecule has 13 heavy (non-hydrogen) atoms. The van der Waals surface area contributed by atoms with Crippen LogP contribution in [0.15, 0.2) is 12.1 Å². The van der Waals surface area contributed by atoms with Crippen LogP contribution >= 0.6 is 0 Å². The molecule has 0 amide bonds. The van der Waals surface area contributed by atoms with Crippen LogP contribution in [0.2, 0.25) is 0 Å². The molecule has 1 aromatic carbocycles. The van der Waals surface area contributed by atoms with Crippen molar-refractivity contribution >= 4 is 0 Å². The number of benzene rings is 1.